The van der Waals surface area contributed by atoms with E-state index in [-0.39, 0.29) is 5.91 Å². The molecule has 118 valence electrons. The van der Waals surface area contributed by atoms with Gasteiger partial charge in [-0.15, -0.1) is 11.3 Å². The highest BCUT2D eigenvalue weighted by atomic mass is 32.1. The number of likely N-dealkylation sites (tertiary alicyclic amines) is 1. The van der Waals surface area contributed by atoms with Crippen molar-refractivity contribution in [3.05, 3.63) is 40.6 Å². The minimum atomic E-state index is 0.222. The van der Waals surface area contributed by atoms with E-state index in [0.29, 0.717) is 11.8 Å². The lowest BCUT2D eigenvalue weighted by molar-refractivity contribution is 0.0686. The van der Waals surface area contributed by atoms with Gasteiger partial charge in [0.2, 0.25) is 0 Å². The van der Waals surface area contributed by atoms with Crippen LogP contribution in [0, 0.1) is 5.92 Å². The highest BCUT2D eigenvalue weighted by molar-refractivity contribution is 7.12. The number of thiophene rings is 1. The monoisotopic (exact) mass is 317 g/mol. The number of imidazole rings is 1. The minimum Gasteiger partial charge on any atom is -0.338 e. The molecular weight excluding hydrogens is 294 g/mol. The fourth-order valence-corrected chi connectivity index (χ4v) is 4.12. The van der Waals surface area contributed by atoms with Gasteiger partial charge in [-0.3, -0.25) is 4.79 Å². The van der Waals surface area contributed by atoms with E-state index in [0.717, 1.165) is 37.4 Å². The van der Waals surface area contributed by atoms with E-state index in [2.05, 4.69) is 29.5 Å². The Balaban J connectivity index is 1.59. The van der Waals surface area contributed by atoms with E-state index in [1.54, 1.807) is 11.3 Å². The summed E-state index contributed by atoms with van der Waals surface area (Å²) in [6.45, 7) is 7.05. The van der Waals surface area contributed by atoms with E-state index in [4.69, 9.17) is 0 Å². The third-order valence-electron chi connectivity index (χ3n) is 4.44. The molecule has 1 aliphatic rings. The van der Waals surface area contributed by atoms with E-state index in [1.807, 2.05) is 29.0 Å². The highest BCUT2D eigenvalue weighted by Crippen LogP contribution is 2.28. The van der Waals surface area contributed by atoms with Crippen LogP contribution in [0.5, 0.6) is 0 Å². The summed E-state index contributed by atoms with van der Waals surface area (Å²) in [4.78, 5) is 19.8. The number of rotatable bonds is 4. The van der Waals surface area contributed by atoms with Crippen molar-refractivity contribution in [2.24, 2.45) is 5.92 Å². The fraction of sp³-hybridized carbons (Fsp3) is 0.529. The van der Waals surface area contributed by atoms with E-state index >= 15 is 0 Å². The Morgan fingerprint density at radius 2 is 2.18 bits per heavy atom. The average Bonchev–Trinajstić information content (AvgIpc) is 3.18. The van der Waals surface area contributed by atoms with Crippen molar-refractivity contribution in [1.82, 2.24) is 14.5 Å². The second-order valence-electron chi connectivity index (χ2n) is 6.35. The zero-order valence-electron chi connectivity index (χ0n) is 13.2. The first-order chi connectivity index (χ1) is 10.6. The van der Waals surface area contributed by atoms with Gasteiger partial charge < -0.3 is 9.47 Å². The third-order valence-corrected chi connectivity index (χ3v) is 5.36. The summed E-state index contributed by atoms with van der Waals surface area (Å²) >= 11 is 1.58. The molecule has 1 fully saturated rings. The van der Waals surface area contributed by atoms with Crippen LogP contribution in [0.15, 0.2) is 30.2 Å². The first-order valence-electron chi connectivity index (χ1n) is 7.97. The number of hydrogen-bond acceptors (Lipinski definition) is 3. The number of hydrogen-bond donors (Lipinski definition) is 0. The highest BCUT2D eigenvalue weighted by Gasteiger charge is 2.26. The molecule has 0 aliphatic carbocycles. The zero-order chi connectivity index (χ0) is 15.5. The van der Waals surface area contributed by atoms with E-state index < -0.39 is 0 Å². The van der Waals surface area contributed by atoms with Crippen molar-refractivity contribution in [2.75, 3.05) is 13.1 Å². The Hall–Kier alpha value is -1.62. The van der Waals surface area contributed by atoms with Gasteiger partial charge in [0.25, 0.3) is 5.91 Å². The Bertz CT molecular complexity index is 610. The number of piperidine rings is 1. The largest absolute Gasteiger partial charge is 0.338 e. The number of aromatic nitrogens is 2. The van der Waals surface area contributed by atoms with Crippen LogP contribution in [0.2, 0.25) is 0 Å². The number of carbonyl (C=O) groups is 1. The second kappa shape index (κ2) is 6.65. The molecule has 5 heteroatoms. The van der Waals surface area contributed by atoms with Gasteiger partial charge in [-0.2, -0.15) is 0 Å². The number of carbonyl (C=O) groups excluding carboxylic acids is 1. The smallest absolute Gasteiger partial charge is 0.264 e. The molecule has 0 N–H and O–H groups in total. The summed E-state index contributed by atoms with van der Waals surface area (Å²) in [5.74, 6) is 1.27. The molecular formula is C17H23N3OS. The summed E-state index contributed by atoms with van der Waals surface area (Å²) in [5, 5.41) is 2.04. The Morgan fingerprint density at radius 1 is 1.41 bits per heavy atom. The quantitative estimate of drug-likeness (QED) is 0.864. The number of amides is 1. The predicted molar refractivity (Wildman–Crippen MR) is 89.3 cm³/mol. The Labute approximate surface area is 135 Å². The average molecular weight is 317 g/mol. The molecule has 2 aromatic heterocycles. The van der Waals surface area contributed by atoms with E-state index in [1.165, 1.54) is 5.56 Å². The van der Waals surface area contributed by atoms with Crippen LogP contribution in [-0.4, -0.2) is 33.4 Å². The Kier molecular flexibility index (Phi) is 4.62. The van der Waals surface area contributed by atoms with Gasteiger partial charge >= 0.3 is 0 Å². The van der Waals surface area contributed by atoms with Gasteiger partial charge in [0, 0.05) is 32.0 Å². The van der Waals surface area contributed by atoms with E-state index in [9.17, 15) is 4.79 Å². The lowest BCUT2D eigenvalue weighted by Gasteiger charge is -2.32. The van der Waals surface area contributed by atoms with Crippen LogP contribution >= 0.6 is 11.3 Å². The van der Waals surface area contributed by atoms with Crippen LogP contribution < -0.4 is 0 Å². The standard InChI is InChI=1S/C17H23N3OS/c1-13(2)15-5-10-22-16(15)17(21)20-7-3-14(4-8-20)11-19-9-6-18-12-19/h5-6,9-10,12-14H,3-4,7-8,11H2,1-2H3. The van der Waals surface area contributed by atoms with Crippen molar-refractivity contribution in [1.29, 1.82) is 0 Å². The number of nitrogens with zero attached hydrogens (tertiary/aromatic N) is 3. The first kappa shape index (κ1) is 15.3. The minimum absolute atomic E-state index is 0.222. The van der Waals surface area contributed by atoms with Gasteiger partial charge in [0.1, 0.15) is 0 Å². The third kappa shape index (κ3) is 3.24. The molecule has 4 nitrogen and oxygen atoms in total. The lowest BCUT2D eigenvalue weighted by Crippen LogP contribution is -2.39. The molecule has 0 radical (unpaired) electrons. The first-order valence-corrected chi connectivity index (χ1v) is 8.85. The van der Waals surface area contributed by atoms with Crippen LogP contribution in [0.25, 0.3) is 0 Å². The maximum absolute atomic E-state index is 12.7. The molecule has 0 unspecified atom stereocenters. The van der Waals surface area contributed by atoms with Gasteiger partial charge in [0.15, 0.2) is 0 Å². The maximum Gasteiger partial charge on any atom is 0.264 e. The molecule has 0 atom stereocenters. The molecule has 0 aromatic carbocycles. The van der Waals surface area contributed by atoms with Crippen molar-refractivity contribution < 1.29 is 4.79 Å². The van der Waals surface area contributed by atoms with Crippen molar-refractivity contribution in [2.45, 2.75) is 39.2 Å². The fourth-order valence-electron chi connectivity index (χ4n) is 3.10. The topological polar surface area (TPSA) is 38.1 Å². The molecule has 0 bridgehead atoms. The van der Waals surface area contributed by atoms with Gasteiger partial charge in [-0.1, -0.05) is 13.8 Å². The summed E-state index contributed by atoms with van der Waals surface area (Å²) in [5.41, 5.74) is 1.19. The summed E-state index contributed by atoms with van der Waals surface area (Å²) < 4.78 is 2.14. The molecule has 3 rings (SSSR count). The second-order valence-corrected chi connectivity index (χ2v) is 7.27. The van der Waals surface area contributed by atoms with Crippen LogP contribution in [-0.2, 0) is 6.54 Å². The molecule has 1 amide bonds. The van der Waals surface area contributed by atoms with Crippen molar-refractivity contribution in [3.63, 3.8) is 0 Å². The molecule has 1 saturated heterocycles. The van der Waals surface area contributed by atoms with Crippen LogP contribution in [0.3, 0.4) is 0 Å². The Morgan fingerprint density at radius 3 is 2.82 bits per heavy atom. The molecule has 3 heterocycles. The van der Waals surface area contributed by atoms with Gasteiger partial charge in [-0.05, 0) is 41.7 Å². The van der Waals surface area contributed by atoms with Crippen molar-refractivity contribution in [3.8, 4) is 0 Å². The normalized spacial score (nSPS) is 16.4. The summed E-state index contributed by atoms with van der Waals surface area (Å²) in [7, 11) is 0. The van der Waals surface area contributed by atoms with Crippen molar-refractivity contribution >= 4 is 17.2 Å². The summed E-state index contributed by atoms with van der Waals surface area (Å²) in [6, 6.07) is 2.09. The van der Waals surface area contributed by atoms with Gasteiger partial charge in [0.05, 0.1) is 11.2 Å². The van der Waals surface area contributed by atoms with Gasteiger partial charge in [-0.25, -0.2) is 4.98 Å². The lowest BCUT2D eigenvalue weighted by atomic mass is 9.96. The van der Waals surface area contributed by atoms with Crippen LogP contribution in [0.1, 0.15) is 47.8 Å². The zero-order valence-corrected chi connectivity index (χ0v) is 14.1. The SMILES string of the molecule is CC(C)c1ccsc1C(=O)N1CCC(Cn2ccnc2)CC1. The van der Waals surface area contributed by atoms with Crippen LogP contribution in [0.4, 0.5) is 0 Å². The predicted octanol–water partition coefficient (Wildman–Crippen LogP) is 3.62. The molecule has 0 spiro atoms. The molecule has 0 saturated carbocycles. The summed E-state index contributed by atoms with van der Waals surface area (Å²) in [6.07, 6.45) is 7.86. The molecule has 1 aliphatic heterocycles. The molecule has 22 heavy (non-hydrogen) atoms. The maximum atomic E-state index is 12.7. The molecule has 2 aromatic rings.